The largest absolute Gasteiger partial charge is 0.455 e. The molecule has 14 aromatic rings. The molecule has 0 aliphatic rings. The van der Waals surface area contributed by atoms with Gasteiger partial charge in [0.2, 0.25) is 0 Å². The highest BCUT2D eigenvalue weighted by molar-refractivity contribution is 7.26. The Morgan fingerprint density at radius 2 is 0.568 bits per heavy atom. The van der Waals surface area contributed by atoms with Gasteiger partial charge in [-0.15, -0.1) is 11.3 Å². The normalized spacial score (nSPS) is 11.5. The standard InChI is InChI=1S/C72H46OS/c1-4-18-47(19-5-1)58-42-59(44-60(43-58)55-29-13-26-52(39-55)53-27-15-31-57(41-53)63-34-17-36-66-64-32-10-11-37-69(64)74-72(63)66)54-28-12-24-50(38-54)51-25-14-30-56(40-51)61-45-67(49-22-8-3-9-23-49)71-68(46-61)65-35-16-33-62(70(65)73-71)48-20-6-2-7-21-48/h1-46H. The van der Waals surface area contributed by atoms with Crippen LogP contribution in [-0.4, -0.2) is 0 Å². The molecule has 0 spiro atoms. The summed E-state index contributed by atoms with van der Waals surface area (Å²) in [6.07, 6.45) is 0. The molecule has 0 saturated heterocycles. The molecule has 0 amide bonds. The van der Waals surface area contributed by atoms with Gasteiger partial charge in [-0.25, -0.2) is 0 Å². The average molecular weight is 959 g/mol. The van der Waals surface area contributed by atoms with Gasteiger partial charge in [0.05, 0.1) is 0 Å². The Morgan fingerprint density at radius 3 is 1.15 bits per heavy atom. The number of benzene rings is 12. The minimum atomic E-state index is 0.900. The lowest BCUT2D eigenvalue weighted by Crippen LogP contribution is -1.88. The van der Waals surface area contributed by atoms with Gasteiger partial charge in [0.15, 0.2) is 0 Å². The zero-order chi connectivity index (χ0) is 49.0. The lowest BCUT2D eigenvalue weighted by molar-refractivity contribution is 0.671. The van der Waals surface area contributed by atoms with Crippen LogP contribution in [0.3, 0.4) is 0 Å². The Bertz CT molecular complexity index is 4410. The van der Waals surface area contributed by atoms with E-state index in [1.165, 1.54) is 70.2 Å². The zero-order valence-electron chi connectivity index (χ0n) is 40.4. The van der Waals surface area contributed by atoms with Gasteiger partial charge in [0.25, 0.3) is 0 Å². The van der Waals surface area contributed by atoms with E-state index < -0.39 is 0 Å². The van der Waals surface area contributed by atoms with Crippen molar-refractivity contribution in [3.63, 3.8) is 0 Å². The van der Waals surface area contributed by atoms with Crippen molar-refractivity contribution >= 4 is 53.4 Å². The molecule has 0 unspecified atom stereocenters. The molecule has 0 N–H and O–H groups in total. The summed E-state index contributed by atoms with van der Waals surface area (Å²) in [7, 11) is 0. The van der Waals surface area contributed by atoms with Crippen molar-refractivity contribution in [1.29, 1.82) is 0 Å². The lowest BCUT2D eigenvalue weighted by atomic mass is 9.90. The molecule has 12 aromatic carbocycles. The monoisotopic (exact) mass is 958 g/mol. The fraction of sp³-hybridized carbons (Fsp3) is 0. The topological polar surface area (TPSA) is 13.1 Å². The predicted octanol–water partition coefficient (Wildman–Crippen LogP) is 21.0. The van der Waals surface area contributed by atoms with E-state index in [0.29, 0.717) is 0 Å². The van der Waals surface area contributed by atoms with E-state index in [0.717, 1.165) is 72.0 Å². The van der Waals surface area contributed by atoms with Gasteiger partial charge >= 0.3 is 0 Å². The van der Waals surface area contributed by atoms with Crippen LogP contribution in [0.15, 0.2) is 283 Å². The maximum absolute atomic E-state index is 6.90. The van der Waals surface area contributed by atoms with Gasteiger partial charge in [-0.2, -0.15) is 0 Å². The maximum Gasteiger partial charge on any atom is 0.143 e. The van der Waals surface area contributed by atoms with Crippen molar-refractivity contribution in [1.82, 2.24) is 0 Å². The van der Waals surface area contributed by atoms with Gasteiger partial charge in [0.1, 0.15) is 11.2 Å². The van der Waals surface area contributed by atoms with Crippen LogP contribution in [-0.2, 0) is 0 Å². The van der Waals surface area contributed by atoms with E-state index in [1.807, 2.05) is 11.3 Å². The number of thiophene rings is 1. The summed E-state index contributed by atoms with van der Waals surface area (Å²) < 4.78 is 9.55. The molecular weight excluding hydrogens is 913 g/mol. The summed E-state index contributed by atoms with van der Waals surface area (Å²) in [4.78, 5) is 0. The minimum absolute atomic E-state index is 0.900. The van der Waals surface area contributed by atoms with Crippen LogP contribution in [0.4, 0.5) is 0 Å². The fourth-order valence-electron chi connectivity index (χ4n) is 11.0. The van der Waals surface area contributed by atoms with Gasteiger partial charge in [0, 0.05) is 42.1 Å². The smallest absolute Gasteiger partial charge is 0.143 e. The third-order valence-electron chi connectivity index (χ3n) is 14.6. The fourth-order valence-corrected chi connectivity index (χ4v) is 12.2. The van der Waals surface area contributed by atoms with Crippen molar-refractivity contribution < 1.29 is 4.42 Å². The maximum atomic E-state index is 6.90. The van der Waals surface area contributed by atoms with Gasteiger partial charge in [-0.3, -0.25) is 0 Å². The van der Waals surface area contributed by atoms with Crippen molar-refractivity contribution in [3.8, 4) is 100 Å². The summed E-state index contributed by atoms with van der Waals surface area (Å²) >= 11 is 1.88. The van der Waals surface area contributed by atoms with Crippen LogP contribution < -0.4 is 0 Å². The molecule has 0 aliphatic heterocycles. The van der Waals surface area contributed by atoms with E-state index >= 15 is 0 Å². The molecule has 2 heterocycles. The first-order chi connectivity index (χ1) is 36.6. The number of para-hydroxylation sites is 1. The molecule has 346 valence electrons. The van der Waals surface area contributed by atoms with E-state index in [1.54, 1.807) is 0 Å². The van der Waals surface area contributed by atoms with Crippen LogP contribution in [0, 0.1) is 0 Å². The molecule has 1 nitrogen and oxygen atoms in total. The number of hydrogen-bond donors (Lipinski definition) is 0. The number of furan rings is 1. The second kappa shape index (κ2) is 18.4. The first kappa shape index (κ1) is 43.4. The third-order valence-corrected chi connectivity index (χ3v) is 15.9. The first-order valence-electron chi connectivity index (χ1n) is 25.3. The van der Waals surface area contributed by atoms with Crippen LogP contribution in [0.1, 0.15) is 0 Å². The van der Waals surface area contributed by atoms with E-state index in [-0.39, 0.29) is 0 Å². The molecule has 14 rings (SSSR count). The molecule has 74 heavy (non-hydrogen) atoms. The Labute approximate surface area is 434 Å². The highest BCUT2D eigenvalue weighted by Crippen LogP contribution is 2.45. The Hall–Kier alpha value is -9.34. The molecule has 0 fully saturated rings. The number of hydrogen-bond acceptors (Lipinski definition) is 2. The lowest BCUT2D eigenvalue weighted by Gasteiger charge is -2.14. The molecule has 0 atom stereocenters. The van der Waals surface area contributed by atoms with E-state index in [4.69, 9.17) is 4.42 Å². The van der Waals surface area contributed by atoms with Gasteiger partial charge in [-0.05, 0) is 150 Å². The molecule has 0 bridgehead atoms. The average Bonchev–Trinajstić information content (AvgIpc) is 4.07. The summed E-state index contributed by atoms with van der Waals surface area (Å²) in [5, 5.41) is 4.85. The summed E-state index contributed by atoms with van der Waals surface area (Å²) in [5.74, 6) is 0. The van der Waals surface area contributed by atoms with Crippen molar-refractivity contribution in [3.05, 3.63) is 279 Å². The molecule has 0 saturated carbocycles. The molecular formula is C72H46OS. The third kappa shape index (κ3) is 7.90. The molecule has 0 aliphatic carbocycles. The highest BCUT2D eigenvalue weighted by atomic mass is 32.1. The van der Waals surface area contributed by atoms with Crippen molar-refractivity contribution in [2.75, 3.05) is 0 Å². The van der Waals surface area contributed by atoms with Crippen LogP contribution >= 0.6 is 11.3 Å². The summed E-state index contributed by atoms with van der Waals surface area (Å²) in [5.41, 5.74) is 22.8. The molecule has 0 radical (unpaired) electrons. The number of rotatable bonds is 9. The van der Waals surface area contributed by atoms with Gasteiger partial charge in [-0.1, -0.05) is 218 Å². The molecule has 2 aromatic heterocycles. The van der Waals surface area contributed by atoms with Crippen LogP contribution in [0.2, 0.25) is 0 Å². The predicted molar refractivity (Wildman–Crippen MR) is 316 cm³/mol. The molecule has 2 heteroatoms. The second-order valence-corrected chi connectivity index (χ2v) is 20.2. The number of fused-ring (bicyclic) bond motifs is 6. The second-order valence-electron chi connectivity index (χ2n) is 19.2. The van der Waals surface area contributed by atoms with E-state index in [2.05, 4.69) is 279 Å². The Kier molecular flexibility index (Phi) is 10.8. The SMILES string of the molecule is c1ccc(-c2cc(-c3cccc(-c4cccc(-c5cc(-c6ccccc6)c6oc7c(-c8ccccc8)cccc7c6c5)c4)c3)cc(-c3cccc(-c4cccc(-c5cccc6c5sc5ccccc56)c4)c3)c2)cc1. The van der Waals surface area contributed by atoms with Crippen LogP contribution in [0.5, 0.6) is 0 Å². The quantitative estimate of drug-likeness (QED) is 0.141. The Morgan fingerprint density at radius 1 is 0.203 bits per heavy atom. The summed E-state index contributed by atoms with van der Waals surface area (Å²) in [6, 6.07) is 102. The van der Waals surface area contributed by atoms with Crippen molar-refractivity contribution in [2.24, 2.45) is 0 Å². The summed E-state index contributed by atoms with van der Waals surface area (Å²) in [6.45, 7) is 0. The minimum Gasteiger partial charge on any atom is -0.455 e. The van der Waals surface area contributed by atoms with Gasteiger partial charge < -0.3 is 4.42 Å². The zero-order valence-corrected chi connectivity index (χ0v) is 41.2. The Balaban J connectivity index is 0.839. The van der Waals surface area contributed by atoms with Crippen molar-refractivity contribution in [2.45, 2.75) is 0 Å². The highest BCUT2D eigenvalue weighted by Gasteiger charge is 2.19. The van der Waals surface area contributed by atoms with E-state index in [9.17, 15) is 0 Å². The van der Waals surface area contributed by atoms with Crippen LogP contribution in [0.25, 0.3) is 142 Å². The first-order valence-corrected chi connectivity index (χ1v) is 26.1.